The normalized spacial score (nSPS) is 10.4. The molecule has 0 saturated heterocycles. The zero-order valence-electron chi connectivity index (χ0n) is 10.1. The van der Waals surface area contributed by atoms with Crippen LogP contribution in [0.1, 0.15) is 21.5 Å². The number of carbonyl (C=O) groups is 1. The molecule has 0 saturated carbocycles. The second-order valence-corrected chi connectivity index (χ2v) is 4.81. The Morgan fingerprint density at radius 1 is 1.00 bits per heavy atom. The maximum Gasteiger partial charge on any atom is 0.171 e. The lowest BCUT2D eigenvalue weighted by Crippen LogP contribution is -2.03. The number of aromatic hydroxyl groups is 2. The van der Waals surface area contributed by atoms with Crippen molar-refractivity contribution in [3.05, 3.63) is 59.2 Å². The van der Waals surface area contributed by atoms with Crippen molar-refractivity contribution in [3.8, 4) is 11.5 Å². The maximum atomic E-state index is 12.1. The summed E-state index contributed by atoms with van der Waals surface area (Å²) in [6.07, 6.45) is 0.194. The van der Waals surface area contributed by atoms with Crippen LogP contribution in [0, 0.1) is 0 Å². The Hall–Kier alpha value is -1.81. The molecule has 3 nitrogen and oxygen atoms in total. The number of phenolic OH excluding ortho intramolecular Hbond substituents is 2. The highest BCUT2D eigenvalue weighted by atomic mass is 79.9. The van der Waals surface area contributed by atoms with Gasteiger partial charge in [-0.1, -0.05) is 40.2 Å². The third kappa shape index (κ3) is 3.35. The number of Topliss-reactive ketones (excluding diaryl/α,β-unsaturated/α-hetero) is 1. The lowest BCUT2D eigenvalue weighted by atomic mass is 10.0. The predicted octanol–water partition coefficient (Wildman–Crippen LogP) is 3.42. The van der Waals surface area contributed by atoms with Gasteiger partial charge in [-0.15, -0.1) is 0 Å². The monoisotopic (exact) mass is 320 g/mol. The zero-order chi connectivity index (χ0) is 13.8. The van der Waals surface area contributed by atoms with E-state index < -0.39 is 0 Å². The summed E-state index contributed by atoms with van der Waals surface area (Å²) < 4.78 is 0. The van der Waals surface area contributed by atoms with Gasteiger partial charge in [-0.2, -0.15) is 0 Å². The largest absolute Gasteiger partial charge is 0.508 e. The average Bonchev–Trinajstić information content (AvgIpc) is 2.42. The summed E-state index contributed by atoms with van der Waals surface area (Å²) in [5.74, 6) is -0.365. The molecule has 0 fully saturated rings. The van der Waals surface area contributed by atoms with E-state index in [2.05, 4.69) is 15.9 Å². The number of phenols is 2. The lowest BCUT2D eigenvalue weighted by molar-refractivity contribution is 0.0990. The average molecular weight is 321 g/mol. The van der Waals surface area contributed by atoms with Gasteiger partial charge < -0.3 is 10.2 Å². The van der Waals surface area contributed by atoms with Gasteiger partial charge in [-0.3, -0.25) is 4.79 Å². The van der Waals surface area contributed by atoms with E-state index in [1.165, 1.54) is 18.2 Å². The molecule has 0 unspecified atom stereocenters. The molecule has 0 amide bonds. The predicted molar refractivity (Wildman–Crippen MR) is 76.9 cm³/mol. The van der Waals surface area contributed by atoms with E-state index in [1.807, 2.05) is 24.3 Å². The molecule has 98 valence electrons. The smallest absolute Gasteiger partial charge is 0.171 e. The van der Waals surface area contributed by atoms with Gasteiger partial charge in [-0.25, -0.2) is 0 Å². The van der Waals surface area contributed by atoms with Crippen molar-refractivity contribution in [2.75, 3.05) is 0 Å². The molecular weight excluding hydrogens is 308 g/mol. The molecule has 0 radical (unpaired) electrons. The highest BCUT2D eigenvalue weighted by Gasteiger charge is 2.12. The fourth-order valence-corrected chi connectivity index (χ4v) is 2.15. The van der Waals surface area contributed by atoms with E-state index in [1.54, 1.807) is 0 Å². The maximum absolute atomic E-state index is 12.1. The van der Waals surface area contributed by atoms with E-state index in [-0.39, 0.29) is 29.3 Å². The zero-order valence-corrected chi connectivity index (χ0v) is 11.7. The van der Waals surface area contributed by atoms with Crippen LogP contribution < -0.4 is 0 Å². The third-order valence-electron chi connectivity index (χ3n) is 2.82. The number of halogens is 1. The van der Waals surface area contributed by atoms with Crippen LogP contribution in [0.3, 0.4) is 0 Å². The van der Waals surface area contributed by atoms with Crippen LogP contribution >= 0.6 is 15.9 Å². The van der Waals surface area contributed by atoms with Gasteiger partial charge in [0.15, 0.2) is 5.78 Å². The number of alkyl halides is 1. The van der Waals surface area contributed by atoms with Crippen LogP contribution in [-0.4, -0.2) is 16.0 Å². The highest BCUT2D eigenvalue weighted by Crippen LogP contribution is 2.23. The van der Waals surface area contributed by atoms with Gasteiger partial charge in [0, 0.05) is 11.8 Å². The summed E-state index contributed by atoms with van der Waals surface area (Å²) in [5, 5.41) is 19.8. The van der Waals surface area contributed by atoms with Crippen LogP contribution in [0.15, 0.2) is 42.5 Å². The summed E-state index contributed by atoms with van der Waals surface area (Å²) in [4.78, 5) is 12.1. The molecule has 0 spiro atoms. The fraction of sp³-hybridized carbons (Fsp3) is 0.133. The van der Waals surface area contributed by atoms with Crippen LogP contribution in [0.2, 0.25) is 0 Å². The quantitative estimate of drug-likeness (QED) is 0.515. The SMILES string of the molecule is O=C(Cc1ccc(CBr)cc1)c1cc(O)ccc1O. The Morgan fingerprint density at radius 3 is 2.26 bits per heavy atom. The summed E-state index contributed by atoms with van der Waals surface area (Å²) in [6, 6.07) is 11.6. The van der Waals surface area contributed by atoms with Crippen molar-refractivity contribution in [3.63, 3.8) is 0 Å². The van der Waals surface area contributed by atoms with Crippen molar-refractivity contribution in [2.45, 2.75) is 11.8 Å². The topological polar surface area (TPSA) is 57.5 Å². The summed E-state index contributed by atoms with van der Waals surface area (Å²) in [7, 11) is 0. The Kier molecular flexibility index (Phi) is 4.22. The summed E-state index contributed by atoms with van der Waals surface area (Å²) in [6.45, 7) is 0. The van der Waals surface area contributed by atoms with E-state index in [0.29, 0.717) is 0 Å². The molecule has 0 heterocycles. The number of rotatable bonds is 4. The molecule has 2 aromatic rings. The van der Waals surface area contributed by atoms with Crippen molar-refractivity contribution < 1.29 is 15.0 Å². The van der Waals surface area contributed by atoms with Gasteiger partial charge in [0.05, 0.1) is 5.56 Å². The van der Waals surface area contributed by atoms with Crippen molar-refractivity contribution >= 4 is 21.7 Å². The molecule has 2 aromatic carbocycles. The Balaban J connectivity index is 2.18. The molecule has 0 aliphatic rings. The fourth-order valence-electron chi connectivity index (χ4n) is 1.77. The molecule has 19 heavy (non-hydrogen) atoms. The van der Waals surface area contributed by atoms with Crippen molar-refractivity contribution in [1.82, 2.24) is 0 Å². The molecule has 0 aliphatic heterocycles. The minimum absolute atomic E-state index is 0.0317. The molecule has 0 atom stereocenters. The van der Waals surface area contributed by atoms with Gasteiger partial charge in [0.1, 0.15) is 11.5 Å². The lowest BCUT2D eigenvalue weighted by Gasteiger charge is -2.05. The van der Waals surface area contributed by atoms with Crippen LogP contribution in [0.4, 0.5) is 0 Å². The second-order valence-electron chi connectivity index (χ2n) is 4.25. The van der Waals surface area contributed by atoms with Crippen LogP contribution in [0.25, 0.3) is 0 Å². The van der Waals surface area contributed by atoms with Gasteiger partial charge in [0.2, 0.25) is 0 Å². The molecule has 4 heteroatoms. The number of benzene rings is 2. The number of hydrogen-bond acceptors (Lipinski definition) is 3. The second kappa shape index (κ2) is 5.89. The number of hydrogen-bond donors (Lipinski definition) is 2. The van der Waals surface area contributed by atoms with Gasteiger partial charge in [-0.05, 0) is 29.3 Å². The molecule has 0 aliphatic carbocycles. The van der Waals surface area contributed by atoms with E-state index in [9.17, 15) is 15.0 Å². The van der Waals surface area contributed by atoms with Crippen molar-refractivity contribution in [2.24, 2.45) is 0 Å². The number of ketones is 1. The van der Waals surface area contributed by atoms with Gasteiger partial charge in [0.25, 0.3) is 0 Å². The minimum Gasteiger partial charge on any atom is -0.508 e. The Morgan fingerprint density at radius 2 is 1.63 bits per heavy atom. The molecule has 0 aromatic heterocycles. The first-order valence-electron chi connectivity index (χ1n) is 5.79. The summed E-state index contributed by atoms with van der Waals surface area (Å²) in [5.41, 5.74) is 2.15. The first-order valence-corrected chi connectivity index (χ1v) is 6.91. The Labute approximate surface area is 119 Å². The summed E-state index contributed by atoms with van der Waals surface area (Å²) >= 11 is 3.36. The standard InChI is InChI=1S/C15H13BrO3/c16-9-11-3-1-10(2-4-11)7-15(19)13-8-12(17)5-6-14(13)18/h1-6,8,17-18H,7,9H2. The van der Waals surface area contributed by atoms with E-state index in [0.717, 1.165) is 16.5 Å². The first-order chi connectivity index (χ1) is 9.10. The Bertz CT molecular complexity index is 591. The van der Waals surface area contributed by atoms with Gasteiger partial charge >= 0.3 is 0 Å². The molecular formula is C15H13BrO3. The van der Waals surface area contributed by atoms with Crippen LogP contribution in [0.5, 0.6) is 11.5 Å². The van der Waals surface area contributed by atoms with Crippen molar-refractivity contribution in [1.29, 1.82) is 0 Å². The molecule has 2 rings (SSSR count). The third-order valence-corrected chi connectivity index (χ3v) is 3.47. The number of carbonyl (C=O) groups excluding carboxylic acids is 1. The van der Waals surface area contributed by atoms with E-state index in [4.69, 9.17) is 0 Å². The first kappa shape index (κ1) is 13.6. The molecule has 2 N–H and O–H groups in total. The minimum atomic E-state index is -0.222. The highest BCUT2D eigenvalue weighted by molar-refractivity contribution is 9.08. The molecule has 0 bridgehead atoms. The van der Waals surface area contributed by atoms with E-state index >= 15 is 0 Å². The van der Waals surface area contributed by atoms with Crippen LogP contribution in [-0.2, 0) is 11.8 Å².